The van der Waals surface area contributed by atoms with Gasteiger partial charge in [-0.1, -0.05) is 0 Å². The van der Waals surface area contributed by atoms with Crippen molar-refractivity contribution in [3.8, 4) is 0 Å². The van der Waals surface area contributed by atoms with E-state index < -0.39 is 11.2 Å². The minimum atomic E-state index is -0.453. The van der Waals surface area contributed by atoms with Crippen LogP contribution in [0.15, 0.2) is 0 Å². The van der Waals surface area contributed by atoms with Gasteiger partial charge in [0, 0.05) is 24.2 Å². The number of carbonyl (C=O) groups excluding carboxylic acids is 2. The second-order valence-corrected chi connectivity index (χ2v) is 12.5. The van der Waals surface area contributed by atoms with Gasteiger partial charge in [0.05, 0.1) is 0 Å². The second kappa shape index (κ2) is 6.02. The van der Waals surface area contributed by atoms with Gasteiger partial charge in [0.25, 0.3) is 0 Å². The van der Waals surface area contributed by atoms with Gasteiger partial charge < -0.3 is 25.4 Å². The molecule has 6 aliphatic carbocycles. The van der Waals surface area contributed by atoms with Crippen LogP contribution >= 0.6 is 0 Å². The SMILES string of the molecule is CC(C)(C)OC(=O)NC12CC(CNCC34CC(NC(=O)OC(C)(C)C)(C3)C4)(C1)C2. The number of carbonyl (C=O) groups is 2. The molecule has 6 saturated carbocycles. The average molecular weight is 408 g/mol. The Morgan fingerprint density at radius 1 is 0.690 bits per heavy atom. The van der Waals surface area contributed by atoms with Crippen LogP contribution in [0.3, 0.4) is 0 Å². The van der Waals surface area contributed by atoms with Crippen LogP contribution < -0.4 is 16.0 Å². The van der Waals surface area contributed by atoms with Gasteiger partial charge in [-0.3, -0.25) is 0 Å². The van der Waals surface area contributed by atoms with Crippen molar-refractivity contribution in [2.45, 2.75) is 102 Å². The Balaban J connectivity index is 1.11. The van der Waals surface area contributed by atoms with Gasteiger partial charge >= 0.3 is 12.2 Å². The summed E-state index contributed by atoms with van der Waals surface area (Å²) in [5.74, 6) is 0. The first-order valence-electron chi connectivity index (χ1n) is 10.9. The minimum Gasteiger partial charge on any atom is -0.444 e. The third-order valence-corrected chi connectivity index (χ3v) is 6.81. The highest BCUT2D eigenvalue weighted by atomic mass is 16.6. The number of ether oxygens (including phenoxy) is 2. The van der Waals surface area contributed by atoms with Crippen molar-refractivity contribution in [2.24, 2.45) is 10.8 Å². The van der Waals surface area contributed by atoms with E-state index in [1.54, 1.807) is 0 Å². The molecule has 0 heterocycles. The molecule has 4 bridgehead atoms. The molecule has 164 valence electrons. The molecule has 0 saturated heterocycles. The Kier molecular flexibility index (Phi) is 4.31. The molecule has 0 spiro atoms. The number of rotatable bonds is 6. The molecule has 29 heavy (non-hydrogen) atoms. The normalized spacial score (nSPS) is 39.1. The Morgan fingerprint density at radius 3 is 1.28 bits per heavy atom. The Bertz CT molecular complexity index is 619. The maximum Gasteiger partial charge on any atom is 0.408 e. The summed E-state index contributed by atoms with van der Waals surface area (Å²) in [6.45, 7) is 13.3. The monoisotopic (exact) mass is 407 g/mol. The van der Waals surface area contributed by atoms with Crippen LogP contribution in [0.1, 0.15) is 80.1 Å². The molecular formula is C22H37N3O4. The van der Waals surface area contributed by atoms with Crippen LogP contribution in [0, 0.1) is 10.8 Å². The number of amides is 2. The fourth-order valence-corrected chi connectivity index (χ4v) is 6.27. The lowest BCUT2D eigenvalue weighted by atomic mass is 9.38. The van der Waals surface area contributed by atoms with E-state index in [2.05, 4.69) is 16.0 Å². The number of hydrogen-bond donors (Lipinski definition) is 3. The molecule has 0 aromatic rings. The molecule has 0 aromatic heterocycles. The molecule has 6 aliphatic rings. The molecule has 0 unspecified atom stereocenters. The fraction of sp³-hybridized carbons (Fsp3) is 0.909. The maximum absolute atomic E-state index is 12.0. The zero-order valence-electron chi connectivity index (χ0n) is 18.8. The smallest absolute Gasteiger partial charge is 0.408 e. The van der Waals surface area contributed by atoms with Crippen molar-refractivity contribution in [2.75, 3.05) is 13.1 Å². The average Bonchev–Trinajstić information content (AvgIpc) is 2.34. The predicted molar refractivity (Wildman–Crippen MR) is 110 cm³/mol. The summed E-state index contributed by atoms with van der Waals surface area (Å²) in [6, 6.07) is 0. The van der Waals surface area contributed by atoms with Gasteiger partial charge in [-0.2, -0.15) is 0 Å². The quantitative estimate of drug-likeness (QED) is 0.627. The first kappa shape index (κ1) is 20.8. The van der Waals surface area contributed by atoms with Gasteiger partial charge in [0.1, 0.15) is 11.2 Å². The van der Waals surface area contributed by atoms with E-state index in [1.807, 2.05) is 41.5 Å². The molecule has 0 radical (unpaired) electrons. The van der Waals surface area contributed by atoms with Gasteiger partial charge in [-0.05, 0) is 90.9 Å². The van der Waals surface area contributed by atoms with Crippen molar-refractivity contribution in [3.63, 3.8) is 0 Å². The van der Waals surface area contributed by atoms with E-state index in [0.29, 0.717) is 10.8 Å². The van der Waals surface area contributed by atoms with Crippen molar-refractivity contribution in [3.05, 3.63) is 0 Å². The molecular weight excluding hydrogens is 370 g/mol. The van der Waals surface area contributed by atoms with Crippen LogP contribution in [0.5, 0.6) is 0 Å². The van der Waals surface area contributed by atoms with Crippen molar-refractivity contribution < 1.29 is 19.1 Å². The number of nitrogens with one attached hydrogen (secondary N) is 3. The van der Waals surface area contributed by atoms with Crippen LogP contribution in [-0.4, -0.2) is 47.6 Å². The summed E-state index contributed by atoms with van der Waals surface area (Å²) in [6.07, 6.45) is 5.68. The summed E-state index contributed by atoms with van der Waals surface area (Å²) in [5, 5.41) is 9.83. The van der Waals surface area contributed by atoms with E-state index in [-0.39, 0.29) is 23.3 Å². The van der Waals surface area contributed by atoms with E-state index in [1.165, 1.54) is 0 Å². The van der Waals surface area contributed by atoms with Gasteiger partial charge in [-0.25, -0.2) is 9.59 Å². The highest BCUT2D eigenvalue weighted by Gasteiger charge is 2.70. The number of hydrogen-bond acceptors (Lipinski definition) is 5. The first-order chi connectivity index (χ1) is 13.2. The molecule has 2 amide bonds. The zero-order valence-corrected chi connectivity index (χ0v) is 18.8. The first-order valence-corrected chi connectivity index (χ1v) is 10.9. The Morgan fingerprint density at radius 2 is 1.00 bits per heavy atom. The highest BCUT2D eigenvalue weighted by molar-refractivity contribution is 5.70. The zero-order chi connectivity index (χ0) is 21.3. The molecule has 0 aromatic carbocycles. The standard InChI is InChI=1S/C22H37N3O4/c1-17(2,3)28-15(26)24-21-7-19(8-21,9-21)13-23-14-20-10-22(11-20,12-20)25-16(27)29-18(4,5)6/h23H,7-14H2,1-6H3,(H,24,26)(H,25,27). The topological polar surface area (TPSA) is 88.7 Å². The summed E-state index contributed by atoms with van der Waals surface area (Å²) in [5.41, 5.74) is -0.254. The van der Waals surface area contributed by atoms with Gasteiger partial charge in [0.2, 0.25) is 0 Å². The number of alkyl carbamates (subject to hydrolysis) is 2. The summed E-state index contributed by atoms with van der Waals surface area (Å²) in [4.78, 5) is 24.0. The predicted octanol–water partition coefficient (Wildman–Crippen LogP) is 3.47. The van der Waals surface area contributed by atoms with Crippen molar-refractivity contribution >= 4 is 12.2 Å². The van der Waals surface area contributed by atoms with E-state index in [4.69, 9.17) is 9.47 Å². The molecule has 7 heteroatoms. The van der Waals surface area contributed by atoms with E-state index in [9.17, 15) is 9.59 Å². The molecule has 7 nitrogen and oxygen atoms in total. The van der Waals surface area contributed by atoms with Gasteiger partial charge in [-0.15, -0.1) is 0 Å². The fourth-order valence-electron chi connectivity index (χ4n) is 6.27. The molecule has 0 atom stereocenters. The lowest BCUT2D eigenvalue weighted by Gasteiger charge is -2.72. The summed E-state index contributed by atoms with van der Waals surface area (Å²) < 4.78 is 10.8. The van der Waals surface area contributed by atoms with Crippen LogP contribution in [0.4, 0.5) is 9.59 Å². The van der Waals surface area contributed by atoms with Crippen molar-refractivity contribution in [1.82, 2.24) is 16.0 Å². The highest BCUT2D eigenvalue weighted by Crippen LogP contribution is 2.68. The lowest BCUT2D eigenvalue weighted by molar-refractivity contribution is -0.165. The third kappa shape index (κ3) is 4.07. The maximum atomic E-state index is 12.0. The second-order valence-electron chi connectivity index (χ2n) is 12.5. The van der Waals surface area contributed by atoms with Gasteiger partial charge in [0.15, 0.2) is 0 Å². The van der Waals surface area contributed by atoms with Crippen LogP contribution in [0.2, 0.25) is 0 Å². The molecule has 0 aliphatic heterocycles. The summed E-state index contributed by atoms with van der Waals surface area (Å²) in [7, 11) is 0. The largest absolute Gasteiger partial charge is 0.444 e. The molecule has 3 N–H and O–H groups in total. The molecule has 6 fully saturated rings. The van der Waals surface area contributed by atoms with E-state index in [0.717, 1.165) is 51.6 Å². The lowest BCUT2D eigenvalue weighted by Crippen LogP contribution is -2.79. The van der Waals surface area contributed by atoms with E-state index >= 15 is 0 Å². The Labute approximate surface area is 174 Å². The summed E-state index contributed by atoms with van der Waals surface area (Å²) >= 11 is 0. The Hall–Kier alpha value is -1.50. The van der Waals surface area contributed by atoms with Crippen LogP contribution in [-0.2, 0) is 9.47 Å². The third-order valence-electron chi connectivity index (χ3n) is 6.81. The molecule has 6 rings (SSSR count). The minimum absolute atomic E-state index is 0.0261. The van der Waals surface area contributed by atoms with Crippen molar-refractivity contribution in [1.29, 1.82) is 0 Å². The van der Waals surface area contributed by atoms with Crippen LogP contribution in [0.25, 0.3) is 0 Å².